The quantitative estimate of drug-likeness (QED) is 0.848. The van der Waals surface area contributed by atoms with Gasteiger partial charge in [-0.25, -0.2) is 0 Å². The molecule has 1 aromatic rings. The van der Waals surface area contributed by atoms with E-state index in [1.54, 1.807) is 6.07 Å². The van der Waals surface area contributed by atoms with Gasteiger partial charge in [0.15, 0.2) is 0 Å². The largest absolute Gasteiger partial charge is 0.324 e. The summed E-state index contributed by atoms with van der Waals surface area (Å²) in [7, 11) is 0. The third-order valence-electron chi connectivity index (χ3n) is 3.95. The number of hydrogen-bond acceptors (Lipinski definition) is 2. The molecule has 1 atom stereocenters. The molecule has 20 heavy (non-hydrogen) atoms. The number of nitrogens with one attached hydrogen (secondary N) is 2. The monoisotopic (exact) mass is 358 g/mol. The molecule has 1 fully saturated rings. The van der Waals surface area contributed by atoms with E-state index in [0.717, 1.165) is 48.1 Å². The summed E-state index contributed by atoms with van der Waals surface area (Å²) in [6, 6.07) is 3.73. The Hall–Kier alpha value is -0.580. The number of anilines is 1. The van der Waals surface area contributed by atoms with Gasteiger partial charge in [0.1, 0.15) is 0 Å². The molecule has 3 nitrogen and oxygen atoms in total. The molecule has 0 bridgehead atoms. The van der Waals surface area contributed by atoms with E-state index < -0.39 is 0 Å². The molecule has 1 amide bonds. The van der Waals surface area contributed by atoms with E-state index in [0.29, 0.717) is 5.02 Å². The molecule has 1 aliphatic rings. The molecule has 5 heteroatoms. The van der Waals surface area contributed by atoms with Gasteiger partial charge in [-0.05, 0) is 59.9 Å². The van der Waals surface area contributed by atoms with Crippen LogP contribution in [-0.2, 0) is 4.79 Å². The van der Waals surface area contributed by atoms with Crippen LogP contribution in [0.25, 0.3) is 0 Å². The highest BCUT2D eigenvalue weighted by atomic mass is 79.9. The molecule has 1 aliphatic heterocycles. The number of carbonyl (C=O) groups is 1. The van der Waals surface area contributed by atoms with Crippen LogP contribution >= 0.6 is 27.5 Å². The maximum absolute atomic E-state index is 12.7. The Bertz CT molecular complexity index is 513. The number of aryl methyl sites for hydroxylation is 1. The van der Waals surface area contributed by atoms with Crippen LogP contribution in [0.5, 0.6) is 0 Å². The van der Waals surface area contributed by atoms with Crippen molar-refractivity contribution in [3.05, 3.63) is 27.2 Å². The van der Waals surface area contributed by atoms with Crippen LogP contribution < -0.4 is 10.6 Å². The zero-order valence-corrected chi connectivity index (χ0v) is 14.2. The molecule has 1 unspecified atom stereocenters. The fourth-order valence-corrected chi connectivity index (χ4v) is 3.46. The molecule has 2 N–H and O–H groups in total. The van der Waals surface area contributed by atoms with E-state index in [2.05, 4.69) is 33.5 Å². The van der Waals surface area contributed by atoms with Crippen LogP contribution in [0.1, 0.15) is 31.7 Å². The summed E-state index contributed by atoms with van der Waals surface area (Å²) in [5, 5.41) is 7.00. The van der Waals surface area contributed by atoms with Crippen molar-refractivity contribution in [3.8, 4) is 0 Å². The second-order valence-electron chi connectivity index (χ2n) is 5.49. The van der Waals surface area contributed by atoms with Gasteiger partial charge < -0.3 is 10.6 Å². The van der Waals surface area contributed by atoms with Crippen molar-refractivity contribution >= 4 is 39.1 Å². The summed E-state index contributed by atoms with van der Waals surface area (Å²) in [6.45, 7) is 5.72. The number of amides is 1. The van der Waals surface area contributed by atoms with Crippen molar-refractivity contribution in [3.63, 3.8) is 0 Å². The molecular weight excluding hydrogens is 340 g/mol. The van der Waals surface area contributed by atoms with E-state index in [1.807, 2.05) is 13.0 Å². The minimum Gasteiger partial charge on any atom is -0.324 e. The Morgan fingerprint density at radius 1 is 1.55 bits per heavy atom. The van der Waals surface area contributed by atoms with Gasteiger partial charge in [0.2, 0.25) is 5.91 Å². The van der Waals surface area contributed by atoms with Gasteiger partial charge in [0.05, 0.1) is 11.1 Å². The summed E-state index contributed by atoms with van der Waals surface area (Å²) in [6.07, 6.45) is 2.80. The lowest BCUT2D eigenvalue weighted by molar-refractivity contribution is -0.125. The van der Waals surface area contributed by atoms with Crippen molar-refractivity contribution in [1.29, 1.82) is 0 Å². The first kappa shape index (κ1) is 15.8. The van der Waals surface area contributed by atoms with Crippen molar-refractivity contribution in [2.75, 3.05) is 18.4 Å². The van der Waals surface area contributed by atoms with Crippen LogP contribution in [0.3, 0.4) is 0 Å². The fraction of sp³-hybridized carbons (Fsp3) is 0.533. The topological polar surface area (TPSA) is 41.1 Å². The summed E-state index contributed by atoms with van der Waals surface area (Å²) in [4.78, 5) is 12.7. The lowest BCUT2D eigenvalue weighted by Gasteiger charge is -2.26. The second-order valence-corrected chi connectivity index (χ2v) is 6.75. The van der Waals surface area contributed by atoms with Crippen LogP contribution in [0, 0.1) is 12.3 Å². The Labute approximate surface area is 133 Å². The van der Waals surface area contributed by atoms with Crippen LogP contribution in [0.2, 0.25) is 5.02 Å². The van der Waals surface area contributed by atoms with Crippen molar-refractivity contribution < 1.29 is 4.79 Å². The van der Waals surface area contributed by atoms with Gasteiger partial charge in [-0.2, -0.15) is 0 Å². The highest BCUT2D eigenvalue weighted by molar-refractivity contribution is 9.10. The van der Waals surface area contributed by atoms with Gasteiger partial charge in [-0.3, -0.25) is 4.79 Å². The first-order valence-electron chi connectivity index (χ1n) is 6.96. The molecule has 1 saturated heterocycles. The van der Waals surface area contributed by atoms with Crippen molar-refractivity contribution in [2.24, 2.45) is 5.41 Å². The van der Waals surface area contributed by atoms with E-state index in [9.17, 15) is 4.79 Å². The van der Waals surface area contributed by atoms with Crippen molar-refractivity contribution in [2.45, 2.75) is 33.1 Å². The van der Waals surface area contributed by atoms with E-state index in [1.165, 1.54) is 0 Å². The molecule has 110 valence electrons. The predicted molar refractivity (Wildman–Crippen MR) is 87.3 cm³/mol. The number of hydrogen-bond donors (Lipinski definition) is 2. The van der Waals surface area contributed by atoms with Crippen molar-refractivity contribution in [1.82, 2.24) is 5.32 Å². The maximum Gasteiger partial charge on any atom is 0.231 e. The zero-order valence-electron chi connectivity index (χ0n) is 11.9. The summed E-state index contributed by atoms with van der Waals surface area (Å²) >= 11 is 9.63. The fourth-order valence-electron chi connectivity index (χ4n) is 2.74. The molecule has 0 spiro atoms. The molecule has 1 heterocycles. The van der Waals surface area contributed by atoms with E-state index in [4.69, 9.17) is 11.6 Å². The third kappa shape index (κ3) is 3.18. The Balaban J connectivity index is 2.20. The maximum atomic E-state index is 12.7. The van der Waals surface area contributed by atoms with Gasteiger partial charge in [-0.15, -0.1) is 0 Å². The minimum atomic E-state index is -0.286. The molecule has 0 aliphatic carbocycles. The van der Waals surface area contributed by atoms with Gasteiger partial charge in [0, 0.05) is 16.0 Å². The number of benzene rings is 1. The van der Waals surface area contributed by atoms with Gasteiger partial charge in [-0.1, -0.05) is 24.9 Å². The lowest BCUT2D eigenvalue weighted by atomic mass is 9.81. The summed E-state index contributed by atoms with van der Waals surface area (Å²) < 4.78 is 0.866. The SMILES string of the molecule is CCCC1(C(=O)Nc2cc(Cl)c(C)cc2Br)CCNC1. The average Bonchev–Trinajstić information content (AvgIpc) is 2.86. The molecule has 2 rings (SSSR count). The Morgan fingerprint density at radius 3 is 2.90 bits per heavy atom. The van der Waals surface area contributed by atoms with E-state index >= 15 is 0 Å². The molecule has 0 aromatic heterocycles. The summed E-state index contributed by atoms with van der Waals surface area (Å²) in [5.41, 5.74) is 1.45. The number of rotatable bonds is 4. The first-order chi connectivity index (χ1) is 9.48. The molecule has 0 saturated carbocycles. The van der Waals surface area contributed by atoms with Gasteiger partial charge >= 0.3 is 0 Å². The third-order valence-corrected chi connectivity index (χ3v) is 5.01. The van der Waals surface area contributed by atoms with Gasteiger partial charge in [0.25, 0.3) is 0 Å². The number of carbonyl (C=O) groups excluding carboxylic acids is 1. The Morgan fingerprint density at radius 2 is 2.30 bits per heavy atom. The second kappa shape index (κ2) is 6.46. The Kier molecular flexibility index (Phi) is 5.10. The smallest absolute Gasteiger partial charge is 0.231 e. The predicted octanol–water partition coefficient (Wildman–Crippen LogP) is 4.13. The van der Waals surface area contributed by atoms with Crippen LogP contribution in [-0.4, -0.2) is 19.0 Å². The highest BCUT2D eigenvalue weighted by Gasteiger charge is 2.40. The molecule has 1 aromatic carbocycles. The van der Waals surface area contributed by atoms with Crippen LogP contribution in [0.4, 0.5) is 5.69 Å². The summed E-state index contributed by atoms with van der Waals surface area (Å²) in [5.74, 6) is 0.0879. The normalized spacial score (nSPS) is 22.0. The zero-order chi connectivity index (χ0) is 14.8. The number of halogens is 2. The van der Waals surface area contributed by atoms with E-state index in [-0.39, 0.29) is 11.3 Å². The molecule has 0 radical (unpaired) electrons. The lowest BCUT2D eigenvalue weighted by Crippen LogP contribution is -2.38. The molecular formula is C15H20BrClN2O. The van der Waals surface area contributed by atoms with Crippen LogP contribution in [0.15, 0.2) is 16.6 Å². The average molecular weight is 360 g/mol. The highest BCUT2D eigenvalue weighted by Crippen LogP contribution is 2.35. The standard InChI is InChI=1S/C15H20BrClN2O/c1-3-4-15(5-6-18-9-15)14(20)19-13-8-12(17)10(2)7-11(13)16/h7-8,18H,3-6,9H2,1-2H3,(H,19,20). The minimum absolute atomic E-state index is 0.0879. The first-order valence-corrected chi connectivity index (χ1v) is 8.13.